The molecule has 1 aliphatic rings. The maximum atomic E-state index is 12.2. The standard InChI is InChI=1S/C17H22ClN5OS/c1-11-7-8-13(18)9-14(11)20-15(24)10-25-17-22-21-16(23(17)19)12-5-3-2-4-6-12/h7-9,12H,2-6,10,19H2,1H3,(H,20,24). The van der Waals surface area contributed by atoms with Crippen LogP contribution in [0.4, 0.5) is 5.69 Å². The van der Waals surface area contributed by atoms with Gasteiger partial charge in [0.1, 0.15) is 0 Å². The Balaban J connectivity index is 1.59. The number of rotatable bonds is 5. The summed E-state index contributed by atoms with van der Waals surface area (Å²) in [6.45, 7) is 1.92. The SMILES string of the molecule is Cc1ccc(Cl)cc1NC(=O)CSc1nnc(C2CCCCC2)n1N. The lowest BCUT2D eigenvalue weighted by Gasteiger charge is -2.20. The minimum atomic E-state index is -0.127. The molecule has 0 radical (unpaired) electrons. The molecule has 0 unspecified atom stereocenters. The highest BCUT2D eigenvalue weighted by atomic mass is 35.5. The zero-order valence-electron chi connectivity index (χ0n) is 14.2. The first-order valence-corrected chi connectivity index (χ1v) is 9.80. The van der Waals surface area contributed by atoms with E-state index in [-0.39, 0.29) is 11.7 Å². The normalized spacial score (nSPS) is 15.3. The van der Waals surface area contributed by atoms with Crippen molar-refractivity contribution < 1.29 is 4.79 Å². The highest BCUT2D eigenvalue weighted by molar-refractivity contribution is 7.99. The average Bonchev–Trinajstić information content (AvgIpc) is 2.98. The summed E-state index contributed by atoms with van der Waals surface area (Å²) in [5.41, 5.74) is 1.68. The number of nitrogen functional groups attached to an aromatic ring is 1. The number of halogens is 1. The molecule has 1 aromatic heterocycles. The summed E-state index contributed by atoms with van der Waals surface area (Å²) in [6.07, 6.45) is 5.91. The fraction of sp³-hybridized carbons (Fsp3) is 0.471. The van der Waals surface area contributed by atoms with E-state index in [0.29, 0.717) is 16.1 Å². The van der Waals surface area contributed by atoms with Crippen LogP contribution < -0.4 is 11.2 Å². The molecule has 25 heavy (non-hydrogen) atoms. The number of nitrogens with zero attached hydrogens (tertiary/aromatic N) is 3. The summed E-state index contributed by atoms with van der Waals surface area (Å²) in [6, 6.07) is 5.41. The van der Waals surface area contributed by atoms with E-state index in [2.05, 4.69) is 15.5 Å². The Morgan fingerprint density at radius 2 is 2.12 bits per heavy atom. The van der Waals surface area contributed by atoms with E-state index in [1.807, 2.05) is 13.0 Å². The third kappa shape index (κ3) is 4.46. The van der Waals surface area contributed by atoms with Crippen molar-refractivity contribution in [1.82, 2.24) is 14.9 Å². The van der Waals surface area contributed by atoms with Gasteiger partial charge in [-0.25, -0.2) is 4.68 Å². The summed E-state index contributed by atoms with van der Waals surface area (Å²) < 4.78 is 1.54. The van der Waals surface area contributed by atoms with Crippen LogP contribution >= 0.6 is 23.4 Å². The first-order chi connectivity index (χ1) is 12.0. The van der Waals surface area contributed by atoms with Gasteiger partial charge in [0.25, 0.3) is 0 Å². The van der Waals surface area contributed by atoms with Crippen molar-refractivity contribution in [3.8, 4) is 0 Å². The Kier molecular flexibility index (Phi) is 5.86. The van der Waals surface area contributed by atoms with Crippen LogP contribution in [0, 0.1) is 6.92 Å². The van der Waals surface area contributed by atoms with Gasteiger partial charge < -0.3 is 11.2 Å². The molecule has 6 nitrogen and oxygen atoms in total. The molecular weight excluding hydrogens is 358 g/mol. The maximum Gasteiger partial charge on any atom is 0.234 e. The van der Waals surface area contributed by atoms with E-state index in [0.717, 1.165) is 29.9 Å². The van der Waals surface area contributed by atoms with Gasteiger partial charge in [-0.2, -0.15) is 0 Å². The van der Waals surface area contributed by atoms with E-state index < -0.39 is 0 Å². The van der Waals surface area contributed by atoms with Crippen molar-refractivity contribution in [3.63, 3.8) is 0 Å². The van der Waals surface area contributed by atoms with Gasteiger partial charge in [0, 0.05) is 16.6 Å². The zero-order chi connectivity index (χ0) is 17.8. The smallest absolute Gasteiger partial charge is 0.234 e. The molecule has 1 aromatic carbocycles. The third-order valence-electron chi connectivity index (χ3n) is 4.47. The van der Waals surface area contributed by atoms with E-state index in [1.165, 1.54) is 31.0 Å². The number of hydrogen-bond donors (Lipinski definition) is 2. The number of thioether (sulfide) groups is 1. The van der Waals surface area contributed by atoms with Crippen molar-refractivity contribution in [2.75, 3.05) is 16.9 Å². The lowest BCUT2D eigenvalue weighted by Crippen LogP contribution is -2.20. The number of carbonyl (C=O) groups is 1. The van der Waals surface area contributed by atoms with Gasteiger partial charge in [-0.05, 0) is 37.5 Å². The first kappa shape index (κ1) is 18.1. The summed E-state index contributed by atoms with van der Waals surface area (Å²) in [7, 11) is 0. The topological polar surface area (TPSA) is 85.8 Å². The van der Waals surface area contributed by atoms with Gasteiger partial charge >= 0.3 is 0 Å². The lowest BCUT2D eigenvalue weighted by atomic mass is 9.89. The Labute approximate surface area is 156 Å². The van der Waals surface area contributed by atoms with Gasteiger partial charge in [-0.1, -0.05) is 48.7 Å². The largest absolute Gasteiger partial charge is 0.336 e. The first-order valence-electron chi connectivity index (χ1n) is 8.44. The molecule has 1 amide bonds. The van der Waals surface area contributed by atoms with Crippen LogP contribution in [0.3, 0.4) is 0 Å². The quantitative estimate of drug-likeness (QED) is 0.610. The number of aromatic nitrogens is 3. The second-order valence-electron chi connectivity index (χ2n) is 6.34. The van der Waals surface area contributed by atoms with Crippen LogP contribution in [-0.2, 0) is 4.79 Å². The van der Waals surface area contributed by atoms with Gasteiger partial charge in [0.05, 0.1) is 5.75 Å². The van der Waals surface area contributed by atoms with E-state index >= 15 is 0 Å². The minimum Gasteiger partial charge on any atom is -0.336 e. The van der Waals surface area contributed by atoms with Crippen LogP contribution in [-0.4, -0.2) is 26.5 Å². The van der Waals surface area contributed by atoms with Crippen LogP contribution in [0.5, 0.6) is 0 Å². The number of benzene rings is 1. The van der Waals surface area contributed by atoms with Gasteiger partial charge in [0.2, 0.25) is 11.1 Å². The number of hydrogen-bond acceptors (Lipinski definition) is 5. The Hall–Kier alpha value is -1.73. The fourth-order valence-corrected chi connectivity index (χ4v) is 3.91. The van der Waals surface area contributed by atoms with E-state index in [1.54, 1.807) is 16.8 Å². The molecule has 8 heteroatoms. The minimum absolute atomic E-state index is 0.127. The van der Waals surface area contributed by atoms with Crippen molar-refractivity contribution in [1.29, 1.82) is 0 Å². The van der Waals surface area contributed by atoms with E-state index in [4.69, 9.17) is 17.4 Å². The van der Waals surface area contributed by atoms with Crippen LogP contribution in [0.25, 0.3) is 0 Å². The van der Waals surface area contributed by atoms with Crippen LogP contribution in [0.1, 0.15) is 49.4 Å². The molecule has 0 atom stereocenters. The zero-order valence-corrected chi connectivity index (χ0v) is 15.7. The predicted molar refractivity (Wildman–Crippen MR) is 102 cm³/mol. The second-order valence-corrected chi connectivity index (χ2v) is 7.72. The van der Waals surface area contributed by atoms with Gasteiger partial charge in [-0.3, -0.25) is 4.79 Å². The van der Waals surface area contributed by atoms with Crippen molar-refractivity contribution in [3.05, 3.63) is 34.6 Å². The molecule has 0 saturated heterocycles. The molecule has 0 aliphatic heterocycles. The molecule has 1 saturated carbocycles. The van der Waals surface area contributed by atoms with Crippen molar-refractivity contribution >= 4 is 35.0 Å². The van der Waals surface area contributed by atoms with Gasteiger partial charge in [-0.15, -0.1) is 10.2 Å². The molecule has 0 bridgehead atoms. The highest BCUT2D eigenvalue weighted by Crippen LogP contribution is 2.32. The van der Waals surface area contributed by atoms with Gasteiger partial charge in [0.15, 0.2) is 5.82 Å². The number of nitrogens with two attached hydrogens (primary N) is 1. The molecule has 1 fully saturated rings. The molecule has 1 aliphatic carbocycles. The molecule has 3 N–H and O–H groups in total. The molecular formula is C17H22ClN5OS. The number of aryl methyl sites for hydroxylation is 1. The van der Waals surface area contributed by atoms with Crippen LogP contribution in [0.2, 0.25) is 5.02 Å². The average molecular weight is 380 g/mol. The third-order valence-corrected chi connectivity index (χ3v) is 5.65. The number of nitrogens with one attached hydrogen (secondary N) is 1. The van der Waals surface area contributed by atoms with Crippen molar-refractivity contribution in [2.24, 2.45) is 0 Å². The monoisotopic (exact) mass is 379 g/mol. The number of carbonyl (C=O) groups excluding carboxylic acids is 1. The molecule has 134 valence electrons. The molecule has 2 aromatic rings. The summed E-state index contributed by atoms with van der Waals surface area (Å²) in [4.78, 5) is 12.2. The summed E-state index contributed by atoms with van der Waals surface area (Å²) in [5.74, 6) is 7.43. The number of amides is 1. The van der Waals surface area contributed by atoms with Crippen LogP contribution in [0.15, 0.2) is 23.4 Å². The molecule has 1 heterocycles. The lowest BCUT2D eigenvalue weighted by molar-refractivity contribution is -0.113. The summed E-state index contributed by atoms with van der Waals surface area (Å²) in [5, 5.41) is 12.4. The maximum absolute atomic E-state index is 12.2. The Morgan fingerprint density at radius 3 is 2.88 bits per heavy atom. The highest BCUT2D eigenvalue weighted by Gasteiger charge is 2.22. The molecule has 3 rings (SSSR count). The van der Waals surface area contributed by atoms with Crippen molar-refractivity contribution in [2.45, 2.75) is 50.1 Å². The fourth-order valence-electron chi connectivity index (χ4n) is 3.07. The Morgan fingerprint density at radius 1 is 1.36 bits per heavy atom. The van der Waals surface area contributed by atoms with E-state index in [9.17, 15) is 4.79 Å². The second kappa shape index (κ2) is 8.10. The Bertz CT molecular complexity index is 757. The predicted octanol–water partition coefficient (Wildman–Crippen LogP) is 3.73. The summed E-state index contributed by atoms with van der Waals surface area (Å²) >= 11 is 7.26. The number of anilines is 1. The molecule has 0 spiro atoms.